The highest BCUT2D eigenvalue weighted by atomic mass is 19.1. The minimum Gasteiger partial charge on any atom is -0.478 e. The summed E-state index contributed by atoms with van der Waals surface area (Å²) >= 11 is 0. The largest absolute Gasteiger partial charge is 0.478 e. The molecule has 0 aliphatic carbocycles. The third-order valence-electron chi connectivity index (χ3n) is 4.81. The molecule has 1 N–H and O–H groups in total. The average molecular weight is 361 g/mol. The van der Waals surface area contributed by atoms with Gasteiger partial charge >= 0.3 is 12.1 Å². The van der Waals surface area contributed by atoms with Crippen molar-refractivity contribution >= 4 is 17.6 Å². The fourth-order valence-corrected chi connectivity index (χ4v) is 3.73. The second kappa shape index (κ2) is 6.74. The first-order valence-corrected chi connectivity index (χ1v) is 8.91. The molecule has 0 radical (unpaired) electrons. The molecule has 6 heteroatoms. The zero-order valence-electron chi connectivity index (χ0n) is 15.3. The van der Waals surface area contributed by atoms with E-state index in [9.17, 15) is 14.0 Å². The number of carboxylic acid groups (broad SMARTS) is 1. The maximum absolute atomic E-state index is 14.0. The summed E-state index contributed by atoms with van der Waals surface area (Å²) in [7, 11) is 0. The molecular weight excluding hydrogens is 337 g/mol. The molecule has 2 aliphatic heterocycles. The first-order chi connectivity index (χ1) is 12.2. The Balaban J connectivity index is 1.87. The number of fused-ring (bicyclic) bond motifs is 2. The van der Waals surface area contributed by atoms with E-state index >= 15 is 0 Å². The van der Waals surface area contributed by atoms with Gasteiger partial charge in [-0.25, -0.2) is 14.0 Å². The van der Waals surface area contributed by atoms with Crippen LogP contribution in [-0.2, 0) is 4.74 Å². The van der Waals surface area contributed by atoms with E-state index in [0.717, 1.165) is 24.8 Å². The van der Waals surface area contributed by atoms with Crippen LogP contribution in [0.25, 0.3) is 5.57 Å². The maximum Gasteiger partial charge on any atom is 0.411 e. The van der Waals surface area contributed by atoms with Crippen molar-refractivity contribution in [3.63, 3.8) is 0 Å². The quantitative estimate of drug-likeness (QED) is 0.844. The van der Waals surface area contributed by atoms with E-state index in [4.69, 9.17) is 9.84 Å². The van der Waals surface area contributed by atoms with Crippen LogP contribution in [0.1, 0.15) is 62.4 Å². The molecule has 1 saturated heterocycles. The SMILES string of the molecule is CC(C)(C)OC(=O)N1C2C=C(c3ccc(C(=O)O)c(F)c3)CC1CCC2. The molecular formula is C20H24FNO4. The smallest absolute Gasteiger partial charge is 0.411 e. The van der Waals surface area contributed by atoms with Gasteiger partial charge in [-0.1, -0.05) is 12.1 Å². The molecule has 3 rings (SSSR count). The Hall–Kier alpha value is -2.37. The number of amides is 1. The summed E-state index contributed by atoms with van der Waals surface area (Å²) in [6, 6.07) is 4.15. The Bertz CT molecular complexity index is 766. The summed E-state index contributed by atoms with van der Waals surface area (Å²) in [4.78, 5) is 25.4. The number of rotatable bonds is 2. The average Bonchev–Trinajstić information content (AvgIpc) is 2.51. The van der Waals surface area contributed by atoms with Crippen molar-refractivity contribution in [1.29, 1.82) is 0 Å². The molecule has 2 unspecified atom stereocenters. The van der Waals surface area contributed by atoms with Gasteiger partial charge < -0.3 is 9.84 Å². The monoisotopic (exact) mass is 361 g/mol. The summed E-state index contributed by atoms with van der Waals surface area (Å²) in [5.74, 6) is -2.02. The van der Waals surface area contributed by atoms with Gasteiger partial charge in [-0.05, 0) is 69.7 Å². The second-order valence-corrected chi connectivity index (χ2v) is 7.94. The van der Waals surface area contributed by atoms with E-state index in [1.165, 1.54) is 12.1 Å². The van der Waals surface area contributed by atoms with Gasteiger partial charge in [0.15, 0.2) is 0 Å². The molecule has 1 aromatic rings. The van der Waals surface area contributed by atoms with Crippen LogP contribution in [-0.4, -0.2) is 39.8 Å². The molecule has 140 valence electrons. The maximum atomic E-state index is 14.0. The number of hydrogen-bond donors (Lipinski definition) is 1. The highest BCUT2D eigenvalue weighted by Gasteiger charge is 2.39. The van der Waals surface area contributed by atoms with Crippen LogP contribution in [0.15, 0.2) is 24.3 Å². The molecule has 2 heterocycles. The number of carbonyl (C=O) groups excluding carboxylic acids is 1. The Kier molecular flexibility index (Phi) is 4.78. The highest BCUT2D eigenvalue weighted by molar-refractivity contribution is 5.88. The van der Waals surface area contributed by atoms with Gasteiger partial charge in [0.25, 0.3) is 0 Å². The normalized spacial score (nSPS) is 22.6. The van der Waals surface area contributed by atoms with Crippen LogP contribution in [0.2, 0.25) is 0 Å². The topological polar surface area (TPSA) is 66.8 Å². The van der Waals surface area contributed by atoms with Crippen LogP contribution >= 0.6 is 0 Å². The summed E-state index contributed by atoms with van der Waals surface area (Å²) in [6.45, 7) is 5.54. The van der Waals surface area contributed by atoms with Crippen molar-refractivity contribution in [3.8, 4) is 0 Å². The first-order valence-electron chi connectivity index (χ1n) is 8.91. The standard InChI is InChI=1S/C20H24FNO4/c1-20(2,3)26-19(25)22-14-5-4-6-15(22)10-13(9-14)12-7-8-16(18(23)24)17(21)11-12/h7-9,11,14-15H,4-6,10H2,1-3H3,(H,23,24). The third kappa shape index (κ3) is 3.74. The van der Waals surface area contributed by atoms with Crippen molar-refractivity contribution in [3.05, 3.63) is 41.2 Å². The Morgan fingerprint density at radius 1 is 1.27 bits per heavy atom. The van der Waals surface area contributed by atoms with Crippen molar-refractivity contribution < 1.29 is 23.8 Å². The molecule has 2 bridgehead atoms. The molecule has 1 fully saturated rings. The number of ether oxygens (including phenoxy) is 1. The number of benzene rings is 1. The van der Waals surface area contributed by atoms with Crippen LogP contribution in [0.5, 0.6) is 0 Å². The lowest BCUT2D eigenvalue weighted by Crippen LogP contribution is -2.53. The number of halogens is 1. The number of hydrogen-bond acceptors (Lipinski definition) is 3. The molecule has 26 heavy (non-hydrogen) atoms. The number of piperidine rings is 1. The lowest BCUT2D eigenvalue weighted by Gasteiger charge is -2.45. The first kappa shape index (κ1) is 18.4. The van der Waals surface area contributed by atoms with Crippen molar-refractivity contribution in [2.24, 2.45) is 0 Å². The molecule has 2 aliphatic rings. The highest BCUT2D eigenvalue weighted by Crippen LogP contribution is 2.38. The Labute approximate surface area is 152 Å². The van der Waals surface area contributed by atoms with Crippen molar-refractivity contribution in [1.82, 2.24) is 4.90 Å². The van der Waals surface area contributed by atoms with E-state index in [0.29, 0.717) is 12.0 Å². The number of nitrogens with zero attached hydrogens (tertiary/aromatic N) is 1. The van der Waals surface area contributed by atoms with E-state index in [-0.39, 0.29) is 23.7 Å². The summed E-state index contributed by atoms with van der Waals surface area (Å²) in [5, 5.41) is 8.97. The fraction of sp³-hybridized carbons (Fsp3) is 0.500. The van der Waals surface area contributed by atoms with Gasteiger partial charge in [0, 0.05) is 6.04 Å². The number of aromatic carboxylic acids is 1. The zero-order valence-corrected chi connectivity index (χ0v) is 15.3. The minimum atomic E-state index is -1.28. The summed E-state index contributed by atoms with van der Waals surface area (Å²) in [6.07, 6.45) is 5.05. The van der Waals surface area contributed by atoms with Crippen LogP contribution < -0.4 is 0 Å². The third-order valence-corrected chi connectivity index (χ3v) is 4.81. The number of carboxylic acids is 1. The van der Waals surface area contributed by atoms with E-state index in [1.54, 1.807) is 11.0 Å². The Morgan fingerprint density at radius 3 is 2.58 bits per heavy atom. The molecule has 1 amide bonds. The van der Waals surface area contributed by atoms with Gasteiger partial charge in [0.05, 0.1) is 11.6 Å². The van der Waals surface area contributed by atoms with E-state index in [1.807, 2.05) is 26.8 Å². The zero-order chi connectivity index (χ0) is 19.1. The van der Waals surface area contributed by atoms with Gasteiger partial charge in [-0.2, -0.15) is 0 Å². The van der Waals surface area contributed by atoms with E-state index < -0.39 is 17.4 Å². The van der Waals surface area contributed by atoms with E-state index in [2.05, 4.69) is 0 Å². The van der Waals surface area contributed by atoms with Gasteiger partial charge in [-0.15, -0.1) is 0 Å². The number of carbonyl (C=O) groups is 2. The lowest BCUT2D eigenvalue weighted by molar-refractivity contribution is 0.0000616. The summed E-state index contributed by atoms with van der Waals surface area (Å²) < 4.78 is 19.6. The molecule has 0 aromatic heterocycles. The van der Waals surface area contributed by atoms with Crippen molar-refractivity contribution in [2.75, 3.05) is 0 Å². The van der Waals surface area contributed by atoms with Crippen molar-refractivity contribution in [2.45, 2.75) is 64.1 Å². The Morgan fingerprint density at radius 2 is 2.00 bits per heavy atom. The second-order valence-electron chi connectivity index (χ2n) is 7.94. The van der Waals surface area contributed by atoms with Gasteiger partial charge in [0.1, 0.15) is 11.4 Å². The molecule has 0 spiro atoms. The fourth-order valence-electron chi connectivity index (χ4n) is 3.73. The predicted molar refractivity (Wildman–Crippen MR) is 95.5 cm³/mol. The van der Waals surface area contributed by atoms with Gasteiger partial charge in [-0.3, -0.25) is 4.90 Å². The molecule has 1 aromatic carbocycles. The molecule has 0 saturated carbocycles. The van der Waals surface area contributed by atoms with Gasteiger partial charge in [0.2, 0.25) is 0 Å². The van der Waals surface area contributed by atoms with Crippen LogP contribution in [0.3, 0.4) is 0 Å². The summed E-state index contributed by atoms with van der Waals surface area (Å²) in [5.41, 5.74) is 0.745. The minimum absolute atomic E-state index is 0.0193. The molecule has 2 atom stereocenters. The lowest BCUT2D eigenvalue weighted by atomic mass is 9.83. The van der Waals surface area contributed by atoms with Crippen LogP contribution in [0, 0.1) is 5.82 Å². The van der Waals surface area contributed by atoms with Crippen LogP contribution in [0.4, 0.5) is 9.18 Å². The molecule has 5 nitrogen and oxygen atoms in total. The predicted octanol–water partition coefficient (Wildman–Crippen LogP) is 4.47.